The van der Waals surface area contributed by atoms with Gasteiger partial charge < -0.3 is 5.32 Å². The maximum atomic E-state index is 12.4. The lowest BCUT2D eigenvalue weighted by Crippen LogP contribution is -2.52. The van der Waals surface area contributed by atoms with E-state index in [0.717, 1.165) is 12.0 Å². The Labute approximate surface area is 138 Å². The monoisotopic (exact) mass is 320 g/mol. The van der Waals surface area contributed by atoms with Gasteiger partial charge in [0, 0.05) is 17.1 Å². The van der Waals surface area contributed by atoms with Gasteiger partial charge in [-0.1, -0.05) is 36.6 Å². The van der Waals surface area contributed by atoms with Crippen LogP contribution < -0.4 is 5.32 Å². The van der Waals surface area contributed by atoms with Crippen LogP contribution in [0.15, 0.2) is 24.3 Å². The minimum atomic E-state index is 0.137. The number of likely N-dealkylation sites (tertiary alicyclic amines) is 1. The lowest BCUT2D eigenvalue weighted by molar-refractivity contribution is -0.121. The van der Waals surface area contributed by atoms with Gasteiger partial charge in [-0.05, 0) is 56.5 Å². The fourth-order valence-electron chi connectivity index (χ4n) is 3.84. The van der Waals surface area contributed by atoms with E-state index in [0.29, 0.717) is 23.5 Å². The van der Waals surface area contributed by atoms with E-state index in [2.05, 4.69) is 10.2 Å². The predicted octanol–water partition coefficient (Wildman–Crippen LogP) is 3.41. The third kappa shape index (κ3) is 4.02. The van der Waals surface area contributed by atoms with Crippen molar-refractivity contribution in [3.63, 3.8) is 0 Å². The van der Waals surface area contributed by atoms with Gasteiger partial charge in [-0.2, -0.15) is 0 Å². The van der Waals surface area contributed by atoms with E-state index in [4.69, 9.17) is 11.6 Å². The number of carbonyl (C=O) groups excluding carboxylic acids is 1. The molecule has 1 aliphatic carbocycles. The lowest BCUT2D eigenvalue weighted by atomic mass is 9.89. The summed E-state index contributed by atoms with van der Waals surface area (Å²) in [5, 5.41) is 4.01. The highest BCUT2D eigenvalue weighted by atomic mass is 35.5. The third-order valence-corrected chi connectivity index (χ3v) is 5.22. The molecule has 3 rings (SSSR count). The van der Waals surface area contributed by atoms with E-state index in [-0.39, 0.29) is 5.91 Å². The average molecular weight is 321 g/mol. The SMILES string of the molecule is O=C(Cc1ccc(Cl)cc1)NC1CCCCC1N1CCCC1. The summed E-state index contributed by atoms with van der Waals surface area (Å²) in [6.07, 6.45) is 7.94. The molecule has 2 fully saturated rings. The molecule has 1 heterocycles. The molecule has 1 aromatic rings. The van der Waals surface area contributed by atoms with Crippen LogP contribution in [0.5, 0.6) is 0 Å². The summed E-state index contributed by atoms with van der Waals surface area (Å²) in [6.45, 7) is 2.41. The Balaban J connectivity index is 1.57. The van der Waals surface area contributed by atoms with Crippen molar-refractivity contribution >= 4 is 17.5 Å². The molecule has 1 saturated heterocycles. The van der Waals surface area contributed by atoms with Crippen LogP contribution in [0.25, 0.3) is 0 Å². The van der Waals surface area contributed by atoms with Crippen LogP contribution >= 0.6 is 11.6 Å². The van der Waals surface area contributed by atoms with Gasteiger partial charge in [0.1, 0.15) is 0 Å². The normalized spacial score (nSPS) is 26.0. The topological polar surface area (TPSA) is 32.3 Å². The molecule has 2 atom stereocenters. The van der Waals surface area contributed by atoms with E-state index < -0.39 is 0 Å². The van der Waals surface area contributed by atoms with Gasteiger partial charge in [0.05, 0.1) is 6.42 Å². The van der Waals surface area contributed by atoms with Crippen LogP contribution in [0.2, 0.25) is 5.02 Å². The maximum absolute atomic E-state index is 12.4. The van der Waals surface area contributed by atoms with Crippen molar-refractivity contribution in [1.82, 2.24) is 10.2 Å². The fraction of sp³-hybridized carbons (Fsp3) is 0.611. The molecular formula is C18H25ClN2O. The second-order valence-corrected chi connectivity index (χ2v) is 7.01. The lowest BCUT2D eigenvalue weighted by Gasteiger charge is -2.38. The highest BCUT2D eigenvalue weighted by molar-refractivity contribution is 6.30. The molecule has 3 nitrogen and oxygen atoms in total. The van der Waals surface area contributed by atoms with Gasteiger partial charge in [0.25, 0.3) is 0 Å². The Morgan fingerprint density at radius 3 is 2.50 bits per heavy atom. The number of hydrogen-bond acceptors (Lipinski definition) is 2. The molecule has 120 valence electrons. The third-order valence-electron chi connectivity index (χ3n) is 4.96. The van der Waals surface area contributed by atoms with Gasteiger partial charge in [0.15, 0.2) is 0 Å². The molecule has 1 saturated carbocycles. The average Bonchev–Trinajstić information content (AvgIpc) is 3.04. The van der Waals surface area contributed by atoms with Crippen LogP contribution in [0, 0.1) is 0 Å². The van der Waals surface area contributed by atoms with Gasteiger partial charge in [0.2, 0.25) is 5.91 Å². The summed E-state index contributed by atoms with van der Waals surface area (Å²) in [4.78, 5) is 15.0. The Morgan fingerprint density at radius 1 is 1.09 bits per heavy atom. The molecule has 2 unspecified atom stereocenters. The van der Waals surface area contributed by atoms with Crippen molar-refractivity contribution in [2.24, 2.45) is 0 Å². The van der Waals surface area contributed by atoms with Crippen molar-refractivity contribution in [2.45, 2.75) is 57.0 Å². The van der Waals surface area contributed by atoms with Crippen molar-refractivity contribution in [3.8, 4) is 0 Å². The number of hydrogen-bond donors (Lipinski definition) is 1. The number of rotatable bonds is 4. The highest BCUT2D eigenvalue weighted by Gasteiger charge is 2.32. The Bertz CT molecular complexity index is 496. The van der Waals surface area contributed by atoms with Crippen molar-refractivity contribution in [2.75, 3.05) is 13.1 Å². The van der Waals surface area contributed by atoms with E-state index in [1.165, 1.54) is 45.2 Å². The Morgan fingerprint density at radius 2 is 1.77 bits per heavy atom. The molecular weight excluding hydrogens is 296 g/mol. The summed E-state index contributed by atoms with van der Waals surface area (Å²) in [7, 11) is 0. The summed E-state index contributed by atoms with van der Waals surface area (Å²) in [5.74, 6) is 0.137. The number of nitrogens with zero attached hydrogens (tertiary/aromatic N) is 1. The molecule has 1 aliphatic heterocycles. The smallest absolute Gasteiger partial charge is 0.224 e. The molecule has 0 bridgehead atoms. The number of carbonyl (C=O) groups is 1. The van der Waals surface area contributed by atoms with Crippen LogP contribution in [0.1, 0.15) is 44.1 Å². The van der Waals surface area contributed by atoms with Crippen molar-refractivity contribution in [1.29, 1.82) is 0 Å². The molecule has 1 amide bonds. The molecule has 22 heavy (non-hydrogen) atoms. The predicted molar refractivity (Wildman–Crippen MR) is 90.1 cm³/mol. The molecule has 0 aromatic heterocycles. The van der Waals surface area contributed by atoms with Gasteiger partial charge >= 0.3 is 0 Å². The molecule has 2 aliphatic rings. The quantitative estimate of drug-likeness (QED) is 0.922. The van der Waals surface area contributed by atoms with Crippen LogP contribution in [-0.4, -0.2) is 36.0 Å². The highest BCUT2D eigenvalue weighted by Crippen LogP contribution is 2.26. The van der Waals surface area contributed by atoms with Gasteiger partial charge in [-0.15, -0.1) is 0 Å². The number of halogens is 1. The molecule has 1 N–H and O–H groups in total. The van der Waals surface area contributed by atoms with E-state index in [9.17, 15) is 4.79 Å². The van der Waals surface area contributed by atoms with Crippen molar-refractivity contribution < 1.29 is 4.79 Å². The summed E-state index contributed by atoms with van der Waals surface area (Å²) < 4.78 is 0. The van der Waals surface area contributed by atoms with E-state index in [1.807, 2.05) is 24.3 Å². The molecule has 0 radical (unpaired) electrons. The first-order valence-electron chi connectivity index (χ1n) is 8.50. The second-order valence-electron chi connectivity index (χ2n) is 6.57. The summed E-state index contributed by atoms with van der Waals surface area (Å²) in [5.41, 5.74) is 1.02. The molecule has 0 spiro atoms. The maximum Gasteiger partial charge on any atom is 0.224 e. The zero-order valence-corrected chi connectivity index (χ0v) is 13.8. The van der Waals surface area contributed by atoms with Crippen molar-refractivity contribution in [3.05, 3.63) is 34.9 Å². The number of nitrogens with one attached hydrogen (secondary N) is 1. The molecule has 1 aromatic carbocycles. The van der Waals surface area contributed by atoms with E-state index in [1.54, 1.807) is 0 Å². The first-order valence-corrected chi connectivity index (χ1v) is 8.88. The summed E-state index contributed by atoms with van der Waals surface area (Å²) >= 11 is 5.89. The number of benzene rings is 1. The molecule has 4 heteroatoms. The minimum absolute atomic E-state index is 0.137. The standard InChI is InChI=1S/C18H25ClN2O/c19-15-9-7-14(8-10-15)13-18(22)20-16-5-1-2-6-17(16)21-11-3-4-12-21/h7-10,16-17H,1-6,11-13H2,(H,20,22). The fourth-order valence-corrected chi connectivity index (χ4v) is 3.96. The second kappa shape index (κ2) is 7.47. The van der Waals surface area contributed by atoms with Gasteiger partial charge in [-0.3, -0.25) is 9.69 Å². The first kappa shape index (κ1) is 15.8. The van der Waals surface area contributed by atoms with Gasteiger partial charge in [-0.25, -0.2) is 0 Å². The number of amides is 1. The van der Waals surface area contributed by atoms with Crippen LogP contribution in [-0.2, 0) is 11.2 Å². The van der Waals surface area contributed by atoms with Crippen LogP contribution in [0.4, 0.5) is 0 Å². The minimum Gasteiger partial charge on any atom is -0.352 e. The summed E-state index contributed by atoms with van der Waals surface area (Å²) in [6, 6.07) is 8.42. The Kier molecular flexibility index (Phi) is 5.37. The zero-order chi connectivity index (χ0) is 15.4. The Hall–Kier alpha value is -1.06. The van der Waals surface area contributed by atoms with Crippen LogP contribution in [0.3, 0.4) is 0 Å². The first-order chi connectivity index (χ1) is 10.7. The largest absolute Gasteiger partial charge is 0.352 e. The van der Waals surface area contributed by atoms with E-state index >= 15 is 0 Å². The zero-order valence-electron chi connectivity index (χ0n) is 13.1.